The van der Waals surface area contributed by atoms with E-state index < -0.39 is 11.7 Å². The van der Waals surface area contributed by atoms with E-state index in [1.54, 1.807) is 6.07 Å². The van der Waals surface area contributed by atoms with E-state index in [9.17, 15) is 18.0 Å². The largest absolute Gasteiger partial charge is 0.418 e. The van der Waals surface area contributed by atoms with E-state index in [0.717, 1.165) is 18.9 Å². The minimum Gasteiger partial charge on any atom is -0.365 e. The van der Waals surface area contributed by atoms with Gasteiger partial charge in [-0.15, -0.1) is 0 Å². The van der Waals surface area contributed by atoms with Crippen molar-refractivity contribution in [1.82, 2.24) is 5.32 Å². The van der Waals surface area contributed by atoms with Crippen LogP contribution in [0.5, 0.6) is 0 Å². The summed E-state index contributed by atoms with van der Waals surface area (Å²) in [5.74, 6) is -0.268. The summed E-state index contributed by atoms with van der Waals surface area (Å²) in [6, 6.07) is 4.12. The molecule has 1 amide bonds. The Hall–Kier alpha value is -1.76. The number of amides is 1. The number of alkyl halides is 3. The van der Waals surface area contributed by atoms with E-state index in [-0.39, 0.29) is 30.7 Å². The standard InChI is InChI=1S/C14H18F3N3O/c1-20(8-13(21)19-10-3-4-10)12-5-2-9(7-18)6-11(12)14(15,16)17/h2,5-6,10H,3-4,7-8,18H2,1H3,(H,19,21). The smallest absolute Gasteiger partial charge is 0.365 e. The molecule has 1 aromatic carbocycles. The molecule has 0 bridgehead atoms. The Morgan fingerprint density at radius 2 is 2.10 bits per heavy atom. The van der Waals surface area contributed by atoms with Gasteiger partial charge in [0.1, 0.15) is 0 Å². The summed E-state index contributed by atoms with van der Waals surface area (Å²) in [6.45, 7) is -0.0726. The topological polar surface area (TPSA) is 58.4 Å². The molecular weight excluding hydrogens is 283 g/mol. The van der Waals surface area contributed by atoms with Crippen LogP contribution in [0.25, 0.3) is 0 Å². The Balaban J connectivity index is 2.18. The molecule has 0 radical (unpaired) electrons. The third-order valence-corrected chi connectivity index (χ3v) is 3.34. The van der Waals surface area contributed by atoms with Crippen molar-refractivity contribution >= 4 is 11.6 Å². The predicted octanol–water partition coefficient (Wildman–Crippen LogP) is 1.88. The Bertz CT molecular complexity index is 527. The van der Waals surface area contributed by atoms with Crippen LogP contribution in [0.1, 0.15) is 24.0 Å². The zero-order valence-electron chi connectivity index (χ0n) is 11.7. The van der Waals surface area contributed by atoms with E-state index in [4.69, 9.17) is 5.73 Å². The van der Waals surface area contributed by atoms with Gasteiger partial charge in [-0.05, 0) is 30.5 Å². The fourth-order valence-electron chi connectivity index (χ4n) is 2.07. The summed E-state index contributed by atoms with van der Waals surface area (Å²) in [4.78, 5) is 13.0. The molecule has 1 aliphatic carbocycles. The summed E-state index contributed by atoms with van der Waals surface area (Å²) in [5, 5.41) is 2.75. The van der Waals surface area contributed by atoms with Gasteiger partial charge in [-0.3, -0.25) is 4.79 Å². The van der Waals surface area contributed by atoms with Gasteiger partial charge in [-0.2, -0.15) is 13.2 Å². The molecule has 0 aliphatic heterocycles. The van der Waals surface area contributed by atoms with Crippen LogP contribution in [0.15, 0.2) is 18.2 Å². The summed E-state index contributed by atoms with van der Waals surface area (Å²) in [6.07, 6.45) is -2.61. The van der Waals surface area contributed by atoms with Gasteiger partial charge in [-0.1, -0.05) is 6.07 Å². The minimum absolute atomic E-state index is 0.0225. The van der Waals surface area contributed by atoms with Crippen molar-refractivity contribution < 1.29 is 18.0 Å². The summed E-state index contributed by atoms with van der Waals surface area (Å²) in [7, 11) is 1.47. The molecule has 0 heterocycles. The van der Waals surface area contributed by atoms with Crippen LogP contribution < -0.4 is 16.0 Å². The molecule has 0 spiro atoms. The third-order valence-electron chi connectivity index (χ3n) is 3.34. The maximum absolute atomic E-state index is 13.1. The Morgan fingerprint density at radius 1 is 1.43 bits per heavy atom. The van der Waals surface area contributed by atoms with E-state index in [2.05, 4.69) is 5.32 Å². The number of hydrogen-bond donors (Lipinski definition) is 2. The molecule has 0 aromatic heterocycles. The number of anilines is 1. The lowest BCUT2D eigenvalue weighted by Gasteiger charge is -2.23. The first-order chi connectivity index (χ1) is 9.81. The third kappa shape index (κ3) is 4.10. The van der Waals surface area contributed by atoms with Crippen LogP contribution in [-0.4, -0.2) is 25.5 Å². The van der Waals surface area contributed by atoms with Gasteiger partial charge < -0.3 is 16.0 Å². The van der Waals surface area contributed by atoms with Crippen LogP contribution in [0.2, 0.25) is 0 Å². The monoisotopic (exact) mass is 301 g/mol. The molecule has 116 valence electrons. The number of rotatable bonds is 5. The molecule has 1 saturated carbocycles. The number of benzene rings is 1. The van der Waals surface area contributed by atoms with Crippen LogP contribution in [0, 0.1) is 0 Å². The molecule has 0 saturated heterocycles. The molecule has 0 unspecified atom stereocenters. The zero-order chi connectivity index (χ0) is 15.6. The van der Waals surface area contributed by atoms with Crippen molar-refractivity contribution in [3.8, 4) is 0 Å². The van der Waals surface area contributed by atoms with E-state index in [0.29, 0.717) is 5.56 Å². The van der Waals surface area contributed by atoms with Gasteiger partial charge in [-0.25, -0.2) is 0 Å². The van der Waals surface area contributed by atoms with Gasteiger partial charge in [0.15, 0.2) is 0 Å². The van der Waals surface area contributed by atoms with E-state index in [1.165, 1.54) is 18.0 Å². The van der Waals surface area contributed by atoms with Crippen molar-refractivity contribution in [1.29, 1.82) is 0 Å². The second kappa shape index (κ2) is 5.93. The normalized spacial score (nSPS) is 14.9. The molecule has 7 heteroatoms. The van der Waals surface area contributed by atoms with Crippen molar-refractivity contribution in [2.75, 3.05) is 18.5 Å². The Kier molecular flexibility index (Phi) is 4.41. The lowest BCUT2D eigenvalue weighted by atomic mass is 10.1. The summed E-state index contributed by atoms with van der Waals surface area (Å²) < 4.78 is 39.3. The maximum atomic E-state index is 13.1. The van der Waals surface area contributed by atoms with Crippen LogP contribution in [0.3, 0.4) is 0 Å². The minimum atomic E-state index is -4.48. The highest BCUT2D eigenvalue weighted by atomic mass is 19.4. The van der Waals surface area contributed by atoms with Crippen molar-refractivity contribution in [3.05, 3.63) is 29.3 Å². The van der Waals surface area contributed by atoms with Crippen molar-refractivity contribution in [3.63, 3.8) is 0 Å². The molecule has 4 nitrogen and oxygen atoms in total. The average molecular weight is 301 g/mol. The number of carbonyl (C=O) groups excluding carboxylic acids is 1. The number of nitrogens with two attached hydrogens (primary N) is 1. The number of nitrogens with one attached hydrogen (secondary N) is 1. The van der Waals surface area contributed by atoms with Gasteiger partial charge in [0.2, 0.25) is 5.91 Å². The highest BCUT2D eigenvalue weighted by Gasteiger charge is 2.35. The number of halogens is 3. The molecule has 3 N–H and O–H groups in total. The van der Waals surface area contributed by atoms with Gasteiger partial charge in [0.05, 0.1) is 12.1 Å². The van der Waals surface area contributed by atoms with Gasteiger partial charge >= 0.3 is 6.18 Å². The van der Waals surface area contributed by atoms with Crippen molar-refractivity contribution in [2.24, 2.45) is 5.73 Å². The summed E-state index contributed by atoms with van der Waals surface area (Å²) in [5.41, 5.74) is 5.00. The first-order valence-electron chi connectivity index (χ1n) is 6.72. The predicted molar refractivity (Wildman–Crippen MR) is 73.8 cm³/mol. The lowest BCUT2D eigenvalue weighted by molar-refractivity contribution is -0.137. The first kappa shape index (κ1) is 15.6. The number of nitrogens with zero attached hydrogens (tertiary/aromatic N) is 1. The highest BCUT2D eigenvalue weighted by Crippen LogP contribution is 2.36. The van der Waals surface area contributed by atoms with Crippen LogP contribution in [-0.2, 0) is 17.5 Å². The van der Waals surface area contributed by atoms with E-state index in [1.807, 2.05) is 0 Å². The number of carbonyl (C=O) groups is 1. The van der Waals surface area contributed by atoms with Gasteiger partial charge in [0.25, 0.3) is 0 Å². The number of likely N-dealkylation sites (N-methyl/N-ethyl adjacent to an activating group) is 1. The fourth-order valence-corrected chi connectivity index (χ4v) is 2.07. The number of hydrogen-bond acceptors (Lipinski definition) is 3. The Morgan fingerprint density at radius 3 is 2.62 bits per heavy atom. The molecule has 0 atom stereocenters. The van der Waals surface area contributed by atoms with E-state index >= 15 is 0 Å². The highest BCUT2D eigenvalue weighted by molar-refractivity contribution is 5.82. The van der Waals surface area contributed by atoms with Crippen LogP contribution >= 0.6 is 0 Å². The quantitative estimate of drug-likeness (QED) is 0.873. The van der Waals surface area contributed by atoms with Crippen LogP contribution in [0.4, 0.5) is 18.9 Å². The van der Waals surface area contributed by atoms with Gasteiger partial charge in [0, 0.05) is 25.3 Å². The Labute approximate surface area is 121 Å². The lowest BCUT2D eigenvalue weighted by Crippen LogP contribution is -2.37. The van der Waals surface area contributed by atoms with Crippen molar-refractivity contribution in [2.45, 2.75) is 31.6 Å². The SMILES string of the molecule is CN(CC(=O)NC1CC1)c1ccc(CN)cc1C(F)(F)F. The molecule has 1 fully saturated rings. The first-order valence-corrected chi connectivity index (χ1v) is 6.72. The molecule has 1 aromatic rings. The second-order valence-electron chi connectivity index (χ2n) is 5.25. The molecule has 2 rings (SSSR count). The molecular formula is C14H18F3N3O. The molecule has 1 aliphatic rings. The zero-order valence-corrected chi connectivity index (χ0v) is 11.7. The average Bonchev–Trinajstić information content (AvgIpc) is 3.20. The maximum Gasteiger partial charge on any atom is 0.418 e. The fraction of sp³-hybridized carbons (Fsp3) is 0.500. The molecule has 21 heavy (non-hydrogen) atoms. The summed E-state index contributed by atoms with van der Waals surface area (Å²) >= 11 is 0. The second-order valence-corrected chi connectivity index (χ2v) is 5.25.